The third kappa shape index (κ3) is 3.55. The Kier molecular flexibility index (Phi) is 5.22. The van der Waals surface area contributed by atoms with Gasteiger partial charge in [-0.05, 0) is 33.9 Å². The monoisotopic (exact) mass is 297 g/mol. The molecule has 0 bridgehead atoms. The average molecular weight is 297 g/mol. The van der Waals surface area contributed by atoms with Gasteiger partial charge in [-0.3, -0.25) is 9.59 Å². The summed E-state index contributed by atoms with van der Waals surface area (Å²) in [5.74, 6) is 0.0353. The highest BCUT2D eigenvalue weighted by Gasteiger charge is 2.50. The van der Waals surface area contributed by atoms with Crippen LogP contribution < -0.4 is 5.32 Å². The van der Waals surface area contributed by atoms with Crippen LogP contribution >= 0.6 is 0 Å². The van der Waals surface area contributed by atoms with Gasteiger partial charge in [-0.1, -0.05) is 12.8 Å². The molecule has 0 aromatic carbocycles. The van der Waals surface area contributed by atoms with E-state index >= 15 is 0 Å². The maximum atomic E-state index is 12.7. The first-order valence-electron chi connectivity index (χ1n) is 7.82. The third-order valence-electron chi connectivity index (χ3n) is 4.50. The van der Waals surface area contributed by atoms with Gasteiger partial charge in [-0.15, -0.1) is 0 Å². The number of piperazine rings is 1. The Hall–Kier alpha value is -1.14. The van der Waals surface area contributed by atoms with Crippen LogP contribution in [-0.4, -0.2) is 73.6 Å². The molecule has 1 atom stereocenters. The molecule has 6 heteroatoms. The minimum atomic E-state index is -0.632. The summed E-state index contributed by atoms with van der Waals surface area (Å²) in [6.45, 7) is 4.25. The molecule has 120 valence electrons. The minimum absolute atomic E-state index is 0.0372. The molecule has 1 aliphatic carbocycles. The highest BCUT2D eigenvalue weighted by molar-refractivity contribution is 5.99. The fourth-order valence-corrected chi connectivity index (χ4v) is 3.11. The summed E-state index contributed by atoms with van der Waals surface area (Å²) >= 11 is 0. The number of carbonyl (C=O) groups is 2. The standard InChI is InChI=1S/C15H27N3O3/c1-12-13(19)16-15(6-4-5-7-15)14(20)18(12)9-11-21-10-8-17(2)3/h12H,4-11H2,1-3H3,(H,16,19). The Bertz CT molecular complexity index is 392. The van der Waals surface area contributed by atoms with Gasteiger partial charge in [-0.2, -0.15) is 0 Å². The van der Waals surface area contributed by atoms with Crippen LogP contribution in [0, 0.1) is 0 Å². The third-order valence-corrected chi connectivity index (χ3v) is 4.50. The number of ether oxygens (including phenoxy) is 1. The van der Waals surface area contributed by atoms with E-state index in [-0.39, 0.29) is 11.8 Å². The van der Waals surface area contributed by atoms with Crippen molar-refractivity contribution in [1.29, 1.82) is 0 Å². The van der Waals surface area contributed by atoms with E-state index < -0.39 is 11.6 Å². The lowest BCUT2D eigenvalue weighted by molar-refractivity contribution is -0.154. The summed E-state index contributed by atoms with van der Waals surface area (Å²) < 4.78 is 5.56. The predicted molar refractivity (Wildman–Crippen MR) is 79.9 cm³/mol. The topological polar surface area (TPSA) is 61.9 Å². The van der Waals surface area contributed by atoms with Crippen molar-refractivity contribution >= 4 is 11.8 Å². The number of rotatable bonds is 6. The van der Waals surface area contributed by atoms with Gasteiger partial charge < -0.3 is 19.9 Å². The average Bonchev–Trinajstić information content (AvgIpc) is 2.89. The Morgan fingerprint density at radius 2 is 1.95 bits per heavy atom. The fourth-order valence-electron chi connectivity index (χ4n) is 3.11. The smallest absolute Gasteiger partial charge is 0.249 e. The number of nitrogens with zero attached hydrogens (tertiary/aromatic N) is 2. The van der Waals surface area contributed by atoms with Gasteiger partial charge >= 0.3 is 0 Å². The second-order valence-corrected chi connectivity index (χ2v) is 6.37. The highest BCUT2D eigenvalue weighted by atomic mass is 16.5. The SMILES string of the molecule is CC1C(=O)NC2(CCCC2)C(=O)N1CCOCCN(C)C. The number of hydrogen-bond acceptors (Lipinski definition) is 4. The zero-order valence-corrected chi connectivity index (χ0v) is 13.4. The molecule has 2 aliphatic rings. The van der Waals surface area contributed by atoms with E-state index in [1.54, 1.807) is 11.8 Å². The number of carbonyl (C=O) groups excluding carboxylic acids is 2. The summed E-state index contributed by atoms with van der Waals surface area (Å²) in [7, 11) is 3.99. The molecule has 1 heterocycles. The van der Waals surface area contributed by atoms with Crippen LogP contribution in [0.1, 0.15) is 32.6 Å². The van der Waals surface area contributed by atoms with Crippen molar-refractivity contribution in [2.75, 3.05) is 40.4 Å². The molecule has 1 saturated carbocycles. The van der Waals surface area contributed by atoms with E-state index in [2.05, 4.69) is 10.2 Å². The quantitative estimate of drug-likeness (QED) is 0.713. The Morgan fingerprint density at radius 3 is 2.57 bits per heavy atom. The molecule has 21 heavy (non-hydrogen) atoms. The van der Waals surface area contributed by atoms with Gasteiger partial charge in [0.05, 0.1) is 13.2 Å². The number of nitrogens with one attached hydrogen (secondary N) is 1. The summed E-state index contributed by atoms with van der Waals surface area (Å²) in [5, 5.41) is 2.96. The van der Waals surface area contributed by atoms with E-state index in [1.165, 1.54) is 0 Å². The van der Waals surface area contributed by atoms with Crippen molar-refractivity contribution < 1.29 is 14.3 Å². The van der Waals surface area contributed by atoms with E-state index in [4.69, 9.17) is 4.74 Å². The van der Waals surface area contributed by atoms with Crippen LogP contribution in [0.25, 0.3) is 0 Å². The normalized spacial score (nSPS) is 25.0. The lowest BCUT2D eigenvalue weighted by Crippen LogP contribution is -2.69. The molecular formula is C15H27N3O3. The van der Waals surface area contributed by atoms with E-state index in [9.17, 15) is 9.59 Å². The summed E-state index contributed by atoms with van der Waals surface area (Å²) in [6.07, 6.45) is 3.55. The van der Waals surface area contributed by atoms with Crippen LogP contribution in [-0.2, 0) is 14.3 Å². The molecule has 1 unspecified atom stereocenters. The van der Waals surface area contributed by atoms with Crippen LogP contribution in [0.4, 0.5) is 0 Å². The number of hydrogen-bond donors (Lipinski definition) is 1. The Balaban J connectivity index is 1.90. The molecule has 1 saturated heterocycles. The number of amides is 2. The van der Waals surface area contributed by atoms with Crippen molar-refractivity contribution in [1.82, 2.24) is 15.1 Å². The van der Waals surface area contributed by atoms with Gasteiger partial charge in [0, 0.05) is 13.1 Å². The van der Waals surface area contributed by atoms with Gasteiger partial charge in [0.2, 0.25) is 11.8 Å². The van der Waals surface area contributed by atoms with Crippen molar-refractivity contribution in [2.24, 2.45) is 0 Å². The summed E-state index contributed by atoms with van der Waals surface area (Å²) in [5.41, 5.74) is -0.632. The summed E-state index contributed by atoms with van der Waals surface area (Å²) in [6, 6.07) is -0.402. The second-order valence-electron chi connectivity index (χ2n) is 6.37. The fraction of sp³-hybridized carbons (Fsp3) is 0.867. The van der Waals surface area contributed by atoms with Crippen LogP contribution in [0.3, 0.4) is 0 Å². The molecule has 1 N–H and O–H groups in total. The molecule has 0 aromatic rings. The maximum absolute atomic E-state index is 12.7. The molecule has 0 radical (unpaired) electrons. The van der Waals surface area contributed by atoms with Crippen LogP contribution in [0.5, 0.6) is 0 Å². The first-order valence-corrected chi connectivity index (χ1v) is 7.82. The van der Waals surface area contributed by atoms with Gasteiger partial charge in [0.25, 0.3) is 0 Å². The Morgan fingerprint density at radius 1 is 1.29 bits per heavy atom. The van der Waals surface area contributed by atoms with Crippen molar-refractivity contribution in [2.45, 2.75) is 44.2 Å². The number of likely N-dealkylation sites (N-methyl/N-ethyl adjacent to an activating group) is 1. The van der Waals surface area contributed by atoms with Crippen molar-refractivity contribution in [3.05, 3.63) is 0 Å². The lowest BCUT2D eigenvalue weighted by Gasteiger charge is -2.43. The second kappa shape index (κ2) is 6.75. The Labute approximate surface area is 126 Å². The molecule has 0 aromatic heterocycles. The zero-order valence-electron chi connectivity index (χ0n) is 13.4. The lowest BCUT2D eigenvalue weighted by atomic mass is 9.91. The summed E-state index contributed by atoms with van der Waals surface area (Å²) in [4.78, 5) is 28.6. The first kappa shape index (κ1) is 16.2. The molecule has 2 rings (SSSR count). The van der Waals surface area contributed by atoms with Crippen molar-refractivity contribution in [3.63, 3.8) is 0 Å². The largest absolute Gasteiger partial charge is 0.378 e. The molecule has 1 spiro atoms. The van der Waals surface area contributed by atoms with E-state index in [0.717, 1.165) is 32.2 Å². The zero-order chi connectivity index (χ0) is 15.5. The molecule has 1 aliphatic heterocycles. The van der Waals surface area contributed by atoms with Gasteiger partial charge in [0.15, 0.2) is 0 Å². The van der Waals surface area contributed by atoms with E-state index in [0.29, 0.717) is 19.8 Å². The van der Waals surface area contributed by atoms with Crippen molar-refractivity contribution in [3.8, 4) is 0 Å². The minimum Gasteiger partial charge on any atom is -0.378 e. The predicted octanol–water partition coefficient (Wildman–Crippen LogP) is 0.224. The van der Waals surface area contributed by atoms with Crippen LogP contribution in [0.2, 0.25) is 0 Å². The molecular weight excluding hydrogens is 270 g/mol. The van der Waals surface area contributed by atoms with E-state index in [1.807, 2.05) is 14.1 Å². The molecule has 2 amide bonds. The highest BCUT2D eigenvalue weighted by Crippen LogP contribution is 2.34. The van der Waals surface area contributed by atoms with Gasteiger partial charge in [0.1, 0.15) is 11.6 Å². The van der Waals surface area contributed by atoms with Crippen LogP contribution in [0.15, 0.2) is 0 Å². The first-order chi connectivity index (χ1) is 9.96. The maximum Gasteiger partial charge on any atom is 0.249 e. The molecule has 6 nitrogen and oxygen atoms in total. The molecule has 2 fully saturated rings. The van der Waals surface area contributed by atoms with Gasteiger partial charge in [-0.25, -0.2) is 0 Å².